The van der Waals surface area contributed by atoms with Gasteiger partial charge in [-0.2, -0.15) is 4.98 Å². The molecule has 2 aromatic heterocycles. The monoisotopic (exact) mass is 442 g/mol. The van der Waals surface area contributed by atoms with Crippen molar-refractivity contribution in [3.8, 4) is 10.6 Å². The van der Waals surface area contributed by atoms with Gasteiger partial charge in [-0.15, -0.1) is 11.3 Å². The van der Waals surface area contributed by atoms with Crippen molar-refractivity contribution in [2.24, 2.45) is 0 Å². The molecule has 0 atom stereocenters. The Labute approximate surface area is 157 Å². The molecule has 1 N–H and O–H groups in total. The van der Waals surface area contributed by atoms with Gasteiger partial charge in [0.15, 0.2) is 0 Å². The third-order valence-electron chi connectivity index (χ3n) is 3.22. The maximum atomic E-state index is 12.8. The number of nitrogens with one attached hydrogen (secondary N) is 1. The van der Waals surface area contributed by atoms with E-state index in [1.54, 1.807) is 37.1 Å². The number of halogens is 2. The van der Waals surface area contributed by atoms with E-state index in [-0.39, 0.29) is 5.28 Å². The Kier molecular flexibility index (Phi) is 5.06. The second kappa shape index (κ2) is 6.92. The molecular formula is C15H13BrClN4OPS. The highest BCUT2D eigenvalue weighted by Crippen LogP contribution is 2.40. The van der Waals surface area contributed by atoms with Crippen LogP contribution in [0.3, 0.4) is 0 Å². The summed E-state index contributed by atoms with van der Waals surface area (Å²) >= 11 is 10.8. The van der Waals surface area contributed by atoms with E-state index in [0.29, 0.717) is 10.3 Å². The molecule has 0 saturated carbocycles. The Balaban J connectivity index is 2.07. The largest absolute Gasteiger partial charge is 0.339 e. The van der Waals surface area contributed by atoms with Crippen molar-refractivity contribution in [1.29, 1.82) is 0 Å². The van der Waals surface area contributed by atoms with E-state index in [9.17, 15) is 4.57 Å². The molecule has 3 aromatic rings. The number of aromatic nitrogens is 3. The number of benzene rings is 1. The molecule has 0 aliphatic rings. The van der Waals surface area contributed by atoms with Crippen molar-refractivity contribution in [2.45, 2.75) is 0 Å². The van der Waals surface area contributed by atoms with Crippen LogP contribution in [-0.4, -0.2) is 28.3 Å². The summed E-state index contributed by atoms with van der Waals surface area (Å²) in [6, 6.07) is 5.74. The summed E-state index contributed by atoms with van der Waals surface area (Å²) in [5.41, 5.74) is 1.66. The van der Waals surface area contributed by atoms with Gasteiger partial charge in [0.1, 0.15) is 18.0 Å². The number of thiazole rings is 1. The topological polar surface area (TPSA) is 67.8 Å². The van der Waals surface area contributed by atoms with Gasteiger partial charge in [0.05, 0.1) is 10.2 Å². The minimum Gasteiger partial charge on any atom is -0.339 e. The van der Waals surface area contributed by atoms with Gasteiger partial charge in [-0.3, -0.25) is 0 Å². The highest BCUT2D eigenvalue weighted by atomic mass is 79.9. The van der Waals surface area contributed by atoms with Crippen LogP contribution < -0.4 is 10.6 Å². The van der Waals surface area contributed by atoms with Gasteiger partial charge >= 0.3 is 0 Å². The van der Waals surface area contributed by atoms with Crippen LogP contribution in [0.2, 0.25) is 5.28 Å². The van der Waals surface area contributed by atoms with Gasteiger partial charge in [0.25, 0.3) is 0 Å². The Morgan fingerprint density at radius 1 is 1.29 bits per heavy atom. The van der Waals surface area contributed by atoms with Crippen LogP contribution in [0.25, 0.3) is 10.6 Å². The molecule has 0 fully saturated rings. The van der Waals surface area contributed by atoms with Crippen molar-refractivity contribution < 1.29 is 4.57 Å². The summed E-state index contributed by atoms with van der Waals surface area (Å²) in [5, 5.41) is 6.87. The predicted octanol–water partition coefficient (Wildman–Crippen LogP) is 5.01. The minimum atomic E-state index is -2.53. The zero-order valence-electron chi connectivity index (χ0n) is 12.8. The van der Waals surface area contributed by atoms with Crippen LogP contribution >= 0.6 is 46.0 Å². The van der Waals surface area contributed by atoms with Crippen molar-refractivity contribution in [2.75, 3.05) is 18.6 Å². The molecule has 0 aliphatic heterocycles. The fourth-order valence-corrected chi connectivity index (χ4v) is 4.36. The van der Waals surface area contributed by atoms with E-state index in [2.05, 4.69) is 36.2 Å². The maximum absolute atomic E-state index is 12.8. The number of nitrogens with zero attached hydrogens (tertiary/aromatic N) is 3. The Morgan fingerprint density at radius 2 is 2.08 bits per heavy atom. The molecule has 3 rings (SSSR count). The second-order valence-corrected chi connectivity index (χ2v) is 10.7. The lowest BCUT2D eigenvalue weighted by Gasteiger charge is -2.16. The number of rotatable bonds is 4. The first-order valence-corrected chi connectivity index (χ1v) is 11.5. The van der Waals surface area contributed by atoms with Gasteiger partial charge < -0.3 is 9.88 Å². The van der Waals surface area contributed by atoms with Gasteiger partial charge in [-0.25, -0.2) is 9.97 Å². The Bertz CT molecular complexity index is 929. The van der Waals surface area contributed by atoms with E-state index in [1.165, 1.54) is 0 Å². The normalized spacial score (nSPS) is 11.5. The maximum Gasteiger partial charge on any atom is 0.224 e. The molecule has 9 heteroatoms. The van der Waals surface area contributed by atoms with E-state index < -0.39 is 7.14 Å². The lowest BCUT2D eigenvalue weighted by molar-refractivity contribution is 0.588. The Morgan fingerprint density at radius 3 is 2.75 bits per heavy atom. The van der Waals surface area contributed by atoms with Crippen molar-refractivity contribution in [3.63, 3.8) is 0 Å². The molecule has 1 aromatic carbocycles. The molecular weight excluding hydrogens is 431 g/mol. The quantitative estimate of drug-likeness (QED) is 0.453. The minimum absolute atomic E-state index is 0.137. The average molecular weight is 444 g/mol. The highest BCUT2D eigenvalue weighted by Gasteiger charge is 2.19. The van der Waals surface area contributed by atoms with Gasteiger partial charge in [0, 0.05) is 28.6 Å². The standard InChI is InChI=1S/C15H13BrClN4OPS/c1-23(2,22)12-7-9(14-18-5-6-24-14)3-4-11(12)20-13-10(16)8-19-15(17)21-13/h3-8H,1-2H3,(H,19,20,21). The van der Waals surface area contributed by atoms with E-state index in [0.717, 1.165) is 21.6 Å². The van der Waals surface area contributed by atoms with E-state index in [1.807, 2.05) is 23.6 Å². The predicted molar refractivity (Wildman–Crippen MR) is 105 cm³/mol. The third kappa shape index (κ3) is 3.86. The molecule has 5 nitrogen and oxygen atoms in total. The van der Waals surface area contributed by atoms with Crippen LogP contribution in [-0.2, 0) is 4.57 Å². The van der Waals surface area contributed by atoms with E-state index >= 15 is 0 Å². The summed E-state index contributed by atoms with van der Waals surface area (Å²) in [6.07, 6.45) is 3.32. The molecule has 0 saturated heterocycles. The molecule has 0 spiro atoms. The summed E-state index contributed by atoms with van der Waals surface area (Å²) in [7, 11) is -2.53. The first-order valence-electron chi connectivity index (χ1n) is 6.89. The van der Waals surface area contributed by atoms with Crippen LogP contribution in [0.1, 0.15) is 0 Å². The zero-order valence-corrected chi connectivity index (χ0v) is 16.9. The zero-order chi connectivity index (χ0) is 17.3. The van der Waals surface area contributed by atoms with Crippen molar-refractivity contribution in [1.82, 2.24) is 15.0 Å². The second-order valence-electron chi connectivity index (χ2n) is 5.38. The van der Waals surface area contributed by atoms with Crippen LogP contribution in [0.5, 0.6) is 0 Å². The van der Waals surface area contributed by atoms with Crippen molar-refractivity contribution >= 4 is 62.8 Å². The molecule has 0 radical (unpaired) electrons. The van der Waals surface area contributed by atoms with Gasteiger partial charge in [-0.05, 0) is 59.1 Å². The first kappa shape index (κ1) is 17.5. The summed E-state index contributed by atoms with van der Waals surface area (Å²) in [5.74, 6) is 0.520. The average Bonchev–Trinajstić information content (AvgIpc) is 3.04. The third-order valence-corrected chi connectivity index (χ3v) is 6.34. The SMILES string of the molecule is CP(C)(=O)c1cc(-c2nccs2)ccc1Nc1nc(Cl)ncc1Br. The molecule has 2 heterocycles. The van der Waals surface area contributed by atoms with Crippen LogP contribution in [0.4, 0.5) is 11.5 Å². The molecule has 24 heavy (non-hydrogen) atoms. The van der Waals surface area contributed by atoms with Gasteiger partial charge in [-0.1, -0.05) is 0 Å². The molecule has 124 valence electrons. The lowest BCUT2D eigenvalue weighted by Crippen LogP contribution is -2.11. The number of hydrogen-bond donors (Lipinski definition) is 1. The number of hydrogen-bond acceptors (Lipinski definition) is 6. The summed E-state index contributed by atoms with van der Waals surface area (Å²) < 4.78 is 13.4. The fraction of sp³-hybridized carbons (Fsp3) is 0.133. The van der Waals surface area contributed by atoms with Crippen molar-refractivity contribution in [3.05, 3.63) is 45.7 Å². The molecule has 0 amide bonds. The fourth-order valence-electron chi connectivity index (χ4n) is 2.14. The van der Waals surface area contributed by atoms with E-state index in [4.69, 9.17) is 11.6 Å². The van der Waals surface area contributed by atoms with Crippen LogP contribution in [0.15, 0.2) is 40.4 Å². The molecule has 0 bridgehead atoms. The van der Waals surface area contributed by atoms with Crippen LogP contribution in [0, 0.1) is 0 Å². The van der Waals surface area contributed by atoms with Gasteiger partial charge in [0.2, 0.25) is 5.28 Å². The molecule has 0 unspecified atom stereocenters. The first-order chi connectivity index (χ1) is 11.3. The highest BCUT2D eigenvalue weighted by molar-refractivity contribution is 9.10. The lowest BCUT2D eigenvalue weighted by atomic mass is 10.2. The Hall–Kier alpha value is -1.27. The summed E-state index contributed by atoms with van der Waals surface area (Å²) in [4.78, 5) is 12.4. The smallest absolute Gasteiger partial charge is 0.224 e. The molecule has 0 aliphatic carbocycles. The summed E-state index contributed by atoms with van der Waals surface area (Å²) in [6.45, 7) is 3.47. The number of anilines is 2.